The zero-order valence-corrected chi connectivity index (χ0v) is 9.77. The van der Waals surface area contributed by atoms with E-state index in [1.54, 1.807) is 0 Å². The molecule has 0 bridgehead atoms. The van der Waals surface area contributed by atoms with Crippen molar-refractivity contribution in [2.45, 2.75) is 25.6 Å². The first-order chi connectivity index (χ1) is 7.79. The Morgan fingerprint density at radius 2 is 1.88 bits per heavy atom. The van der Waals surface area contributed by atoms with Crippen LogP contribution in [0.4, 0.5) is 13.2 Å². The number of halogens is 4. The lowest BCUT2D eigenvalue weighted by atomic mass is 10.1. The molecule has 0 radical (unpaired) electrons. The van der Waals surface area contributed by atoms with Gasteiger partial charge in [-0.15, -0.1) is 0 Å². The maximum absolute atomic E-state index is 12.6. The molecule has 94 valence electrons. The van der Waals surface area contributed by atoms with Crippen molar-refractivity contribution in [1.82, 2.24) is 5.32 Å². The summed E-state index contributed by atoms with van der Waals surface area (Å²) in [5, 5.41) is 2.34. The number of rotatable bonds is 3. The molecule has 0 saturated heterocycles. The minimum atomic E-state index is -4.47. The van der Waals surface area contributed by atoms with Gasteiger partial charge in [0.15, 0.2) is 0 Å². The molecule has 1 aromatic rings. The van der Waals surface area contributed by atoms with Crippen LogP contribution in [-0.4, -0.2) is 18.1 Å². The van der Waals surface area contributed by atoms with E-state index in [2.05, 4.69) is 0 Å². The zero-order valence-electron chi connectivity index (χ0n) is 9.01. The molecule has 1 amide bonds. The second-order valence-corrected chi connectivity index (χ2v) is 4.06. The molecule has 2 nitrogen and oxygen atoms in total. The van der Waals surface area contributed by atoms with Crippen molar-refractivity contribution in [3.63, 3.8) is 0 Å². The lowest BCUT2D eigenvalue weighted by molar-refractivity contribution is -0.160. The van der Waals surface area contributed by atoms with Gasteiger partial charge in [-0.25, -0.2) is 0 Å². The summed E-state index contributed by atoms with van der Waals surface area (Å²) in [6.07, 6.45) is -4.77. The number of hydrogen-bond donors (Lipinski definition) is 1. The first kappa shape index (κ1) is 13.8. The van der Waals surface area contributed by atoms with Crippen LogP contribution in [0, 0.1) is 0 Å². The molecule has 17 heavy (non-hydrogen) atoms. The predicted octanol–water partition coefficient (Wildman–Crippen LogP) is 2.95. The summed E-state index contributed by atoms with van der Waals surface area (Å²) in [7, 11) is 0. The molecule has 6 heteroatoms. The Morgan fingerprint density at radius 1 is 1.35 bits per heavy atom. The Morgan fingerprint density at radius 3 is 2.29 bits per heavy atom. The number of alkyl halides is 3. The molecule has 0 aliphatic rings. The van der Waals surface area contributed by atoms with Crippen molar-refractivity contribution < 1.29 is 18.0 Å². The van der Waals surface area contributed by atoms with Crippen LogP contribution in [0.1, 0.15) is 12.5 Å². The number of hydrogen-bond acceptors (Lipinski definition) is 1. The lowest BCUT2D eigenvalue weighted by Gasteiger charge is -2.21. The average molecular weight is 266 g/mol. The molecule has 0 aliphatic carbocycles. The summed E-state index contributed by atoms with van der Waals surface area (Å²) in [4.78, 5) is 10.7. The summed E-state index contributed by atoms with van der Waals surface area (Å²) in [5.41, 5.74) is 0.463. The third-order valence-electron chi connectivity index (χ3n) is 2.13. The Labute approximate surface area is 102 Å². The third kappa shape index (κ3) is 4.65. The Kier molecular flexibility index (Phi) is 4.40. The van der Waals surface area contributed by atoms with E-state index in [0.29, 0.717) is 10.6 Å². The topological polar surface area (TPSA) is 29.1 Å². The number of carbonyl (C=O) groups is 1. The maximum Gasteiger partial charge on any atom is 0.408 e. The van der Waals surface area contributed by atoms with Crippen LogP contribution >= 0.6 is 11.6 Å². The highest BCUT2D eigenvalue weighted by atomic mass is 35.5. The molecule has 1 N–H and O–H groups in total. The van der Waals surface area contributed by atoms with Crippen LogP contribution in [0.2, 0.25) is 5.02 Å². The molecular formula is C11H11ClF3NO. The Hall–Kier alpha value is -1.23. The molecule has 0 heterocycles. The lowest BCUT2D eigenvalue weighted by Crippen LogP contribution is -2.46. The van der Waals surface area contributed by atoms with Crippen molar-refractivity contribution in [3.05, 3.63) is 34.9 Å². The highest BCUT2D eigenvalue weighted by molar-refractivity contribution is 6.30. The average Bonchev–Trinajstić information content (AvgIpc) is 2.18. The van der Waals surface area contributed by atoms with E-state index in [1.165, 1.54) is 24.3 Å². The van der Waals surface area contributed by atoms with Crippen LogP contribution < -0.4 is 5.32 Å². The van der Waals surface area contributed by atoms with Gasteiger partial charge in [0.25, 0.3) is 0 Å². The minimum absolute atomic E-state index is 0.305. The fraction of sp³-hybridized carbons (Fsp3) is 0.364. The standard InChI is InChI=1S/C11H11ClF3NO/c1-7(17)16-10(11(13,14)15)6-8-2-4-9(12)5-3-8/h2-5,10H,6H2,1H3,(H,16,17)/t10-/m1/s1. The van der Waals surface area contributed by atoms with Gasteiger partial charge in [-0.05, 0) is 17.7 Å². The molecule has 1 aromatic carbocycles. The Bertz CT molecular complexity index is 389. The normalized spacial score (nSPS) is 13.2. The summed E-state index contributed by atoms with van der Waals surface area (Å²) in [6.45, 7) is 1.06. The van der Waals surface area contributed by atoms with Gasteiger partial charge in [0, 0.05) is 18.4 Å². The van der Waals surface area contributed by atoms with Crippen LogP contribution in [0.5, 0.6) is 0 Å². The zero-order chi connectivity index (χ0) is 13.1. The summed E-state index contributed by atoms with van der Waals surface area (Å²) >= 11 is 5.63. The number of benzene rings is 1. The first-order valence-electron chi connectivity index (χ1n) is 4.87. The SMILES string of the molecule is CC(=O)N[C@H](Cc1ccc(Cl)cc1)C(F)(F)F. The molecule has 1 atom stereocenters. The van der Waals surface area contributed by atoms with Crippen LogP contribution in [-0.2, 0) is 11.2 Å². The predicted molar refractivity (Wildman–Crippen MR) is 58.8 cm³/mol. The molecule has 0 spiro atoms. The molecule has 0 aliphatic heterocycles. The van der Waals surface area contributed by atoms with Crippen LogP contribution in [0.3, 0.4) is 0 Å². The number of amides is 1. The highest BCUT2D eigenvalue weighted by Gasteiger charge is 2.40. The minimum Gasteiger partial charge on any atom is -0.344 e. The van der Waals surface area contributed by atoms with E-state index in [0.717, 1.165) is 6.92 Å². The van der Waals surface area contributed by atoms with Crippen molar-refractivity contribution in [1.29, 1.82) is 0 Å². The van der Waals surface area contributed by atoms with Gasteiger partial charge in [0.2, 0.25) is 5.91 Å². The van der Waals surface area contributed by atoms with E-state index < -0.39 is 18.1 Å². The molecule has 0 aromatic heterocycles. The van der Waals surface area contributed by atoms with Gasteiger partial charge < -0.3 is 5.32 Å². The van der Waals surface area contributed by atoms with Crippen LogP contribution in [0.25, 0.3) is 0 Å². The Balaban J connectivity index is 2.79. The maximum atomic E-state index is 12.6. The smallest absolute Gasteiger partial charge is 0.344 e. The quantitative estimate of drug-likeness (QED) is 0.894. The fourth-order valence-corrected chi connectivity index (χ4v) is 1.48. The largest absolute Gasteiger partial charge is 0.408 e. The monoisotopic (exact) mass is 265 g/mol. The molecule has 0 saturated carbocycles. The first-order valence-corrected chi connectivity index (χ1v) is 5.25. The summed E-state index contributed by atoms with van der Waals surface area (Å²) in [6, 6.07) is 4.16. The fourth-order valence-electron chi connectivity index (χ4n) is 1.35. The molecule has 0 fully saturated rings. The molecule has 0 unspecified atom stereocenters. The van der Waals surface area contributed by atoms with Gasteiger partial charge in [-0.1, -0.05) is 23.7 Å². The molecule has 1 rings (SSSR count). The van der Waals surface area contributed by atoms with Gasteiger partial charge in [-0.3, -0.25) is 4.79 Å². The van der Waals surface area contributed by atoms with Crippen molar-refractivity contribution >= 4 is 17.5 Å². The molecular weight excluding hydrogens is 255 g/mol. The highest BCUT2D eigenvalue weighted by Crippen LogP contribution is 2.23. The second kappa shape index (κ2) is 5.40. The van der Waals surface area contributed by atoms with Gasteiger partial charge in [0.05, 0.1) is 0 Å². The van der Waals surface area contributed by atoms with E-state index in [1.807, 2.05) is 5.32 Å². The van der Waals surface area contributed by atoms with Gasteiger partial charge in [-0.2, -0.15) is 13.2 Å². The van der Waals surface area contributed by atoms with Crippen LogP contribution in [0.15, 0.2) is 24.3 Å². The third-order valence-corrected chi connectivity index (χ3v) is 2.38. The summed E-state index contributed by atoms with van der Waals surface area (Å²) < 4.78 is 37.8. The van der Waals surface area contributed by atoms with Crippen molar-refractivity contribution in [3.8, 4) is 0 Å². The van der Waals surface area contributed by atoms with E-state index in [4.69, 9.17) is 11.6 Å². The van der Waals surface area contributed by atoms with Gasteiger partial charge in [0.1, 0.15) is 6.04 Å². The second-order valence-electron chi connectivity index (χ2n) is 3.63. The van der Waals surface area contributed by atoms with Crippen molar-refractivity contribution in [2.75, 3.05) is 0 Å². The van der Waals surface area contributed by atoms with E-state index >= 15 is 0 Å². The van der Waals surface area contributed by atoms with E-state index in [-0.39, 0.29) is 6.42 Å². The van der Waals surface area contributed by atoms with Crippen molar-refractivity contribution in [2.24, 2.45) is 0 Å². The number of nitrogens with one attached hydrogen (secondary N) is 1. The number of carbonyl (C=O) groups excluding carboxylic acids is 1. The summed E-state index contributed by atoms with van der Waals surface area (Å²) in [5.74, 6) is -0.707. The van der Waals surface area contributed by atoms with Gasteiger partial charge >= 0.3 is 6.18 Å². The van der Waals surface area contributed by atoms with E-state index in [9.17, 15) is 18.0 Å².